The van der Waals surface area contributed by atoms with E-state index in [0.29, 0.717) is 0 Å². The predicted octanol–water partition coefficient (Wildman–Crippen LogP) is 1.26. The van der Waals surface area contributed by atoms with Gasteiger partial charge in [0, 0.05) is 11.6 Å². The van der Waals surface area contributed by atoms with E-state index in [2.05, 4.69) is 0 Å². The van der Waals surface area contributed by atoms with E-state index < -0.39 is 17.7 Å². The quantitative estimate of drug-likeness (QED) is 0.849. The van der Waals surface area contributed by atoms with Crippen LogP contribution in [-0.4, -0.2) is 24.9 Å². The number of hydrogen-bond acceptors (Lipinski definition) is 3. The van der Waals surface area contributed by atoms with Gasteiger partial charge in [0.25, 0.3) is 0 Å². The Morgan fingerprint density at radius 3 is 2.56 bits per heavy atom. The molecule has 0 aliphatic carbocycles. The van der Waals surface area contributed by atoms with E-state index in [4.69, 9.17) is 15.6 Å². The Kier molecular flexibility index (Phi) is 6.25. The molecule has 3 N–H and O–H groups in total. The lowest BCUT2D eigenvalue weighted by Gasteiger charge is -2.11. The summed E-state index contributed by atoms with van der Waals surface area (Å²) in [4.78, 5) is 0. The SMILES string of the molecule is COc1ccc(F)c(CC(N)CO)c1F.Cl. The van der Waals surface area contributed by atoms with E-state index in [1.807, 2.05) is 0 Å². The molecule has 0 saturated heterocycles. The smallest absolute Gasteiger partial charge is 0.171 e. The molecule has 0 aliphatic rings. The molecule has 0 fully saturated rings. The highest BCUT2D eigenvalue weighted by molar-refractivity contribution is 5.85. The average Bonchev–Trinajstić information content (AvgIpc) is 2.24. The maximum absolute atomic E-state index is 13.5. The first kappa shape index (κ1) is 15.1. The van der Waals surface area contributed by atoms with E-state index >= 15 is 0 Å². The predicted molar refractivity (Wildman–Crippen MR) is 58.9 cm³/mol. The molecule has 0 aliphatic heterocycles. The summed E-state index contributed by atoms with van der Waals surface area (Å²) in [5.41, 5.74) is 5.25. The minimum absolute atomic E-state index is 0. The van der Waals surface area contributed by atoms with Crippen molar-refractivity contribution in [1.29, 1.82) is 0 Å². The Morgan fingerprint density at radius 1 is 1.44 bits per heavy atom. The minimum atomic E-state index is -0.763. The van der Waals surface area contributed by atoms with Gasteiger partial charge in [-0.25, -0.2) is 8.78 Å². The monoisotopic (exact) mass is 253 g/mol. The highest BCUT2D eigenvalue weighted by Gasteiger charge is 2.16. The summed E-state index contributed by atoms with van der Waals surface area (Å²) in [6, 6.07) is 1.64. The van der Waals surface area contributed by atoms with Gasteiger partial charge in [0.05, 0.1) is 13.7 Å². The van der Waals surface area contributed by atoms with Gasteiger partial charge in [-0.2, -0.15) is 0 Å². The minimum Gasteiger partial charge on any atom is -0.494 e. The number of halogens is 3. The number of rotatable bonds is 4. The van der Waals surface area contributed by atoms with Gasteiger partial charge in [-0.15, -0.1) is 12.4 Å². The fourth-order valence-corrected chi connectivity index (χ4v) is 1.25. The van der Waals surface area contributed by atoms with E-state index in [1.54, 1.807) is 0 Å². The first-order chi connectivity index (χ1) is 7.10. The zero-order valence-electron chi connectivity index (χ0n) is 8.74. The molecule has 0 amide bonds. The molecule has 92 valence electrons. The summed E-state index contributed by atoms with van der Waals surface area (Å²) in [6.07, 6.45) is -0.0641. The van der Waals surface area contributed by atoms with E-state index in [0.717, 1.165) is 6.07 Å². The Labute approximate surface area is 98.6 Å². The fourth-order valence-electron chi connectivity index (χ4n) is 1.25. The maximum Gasteiger partial charge on any atom is 0.171 e. The first-order valence-electron chi connectivity index (χ1n) is 4.47. The third-order valence-electron chi connectivity index (χ3n) is 2.07. The molecular formula is C10H14ClF2NO2. The van der Waals surface area contributed by atoms with Gasteiger partial charge < -0.3 is 15.6 Å². The van der Waals surface area contributed by atoms with Crippen LogP contribution in [0.3, 0.4) is 0 Å². The van der Waals surface area contributed by atoms with Crippen molar-refractivity contribution < 1.29 is 18.6 Å². The molecule has 1 atom stereocenters. The molecule has 1 aromatic carbocycles. The summed E-state index contributed by atoms with van der Waals surface area (Å²) >= 11 is 0. The van der Waals surface area contributed by atoms with Gasteiger partial charge in [0.2, 0.25) is 0 Å². The lowest BCUT2D eigenvalue weighted by Crippen LogP contribution is -2.27. The van der Waals surface area contributed by atoms with Crippen molar-refractivity contribution in [2.75, 3.05) is 13.7 Å². The summed E-state index contributed by atoms with van der Waals surface area (Å²) in [7, 11) is 1.30. The second kappa shape index (κ2) is 6.62. The van der Waals surface area contributed by atoms with E-state index in [-0.39, 0.29) is 36.7 Å². The maximum atomic E-state index is 13.5. The molecule has 0 spiro atoms. The number of aliphatic hydroxyl groups is 1. The Balaban J connectivity index is 0.00000225. The topological polar surface area (TPSA) is 55.5 Å². The number of aliphatic hydroxyl groups excluding tert-OH is 1. The van der Waals surface area contributed by atoms with Gasteiger partial charge in [0.1, 0.15) is 5.82 Å². The van der Waals surface area contributed by atoms with Crippen LogP contribution in [0.2, 0.25) is 0 Å². The van der Waals surface area contributed by atoms with Crippen LogP contribution in [0.5, 0.6) is 5.75 Å². The lowest BCUT2D eigenvalue weighted by molar-refractivity contribution is 0.263. The van der Waals surface area contributed by atoms with Gasteiger partial charge in [0.15, 0.2) is 11.6 Å². The molecule has 1 rings (SSSR count). The molecular weight excluding hydrogens is 240 g/mol. The standard InChI is InChI=1S/C10H13F2NO2.ClH/c1-15-9-3-2-8(11)7(10(9)12)4-6(13)5-14;/h2-3,6,14H,4-5,13H2,1H3;1H. The van der Waals surface area contributed by atoms with Crippen molar-refractivity contribution in [2.24, 2.45) is 5.73 Å². The molecule has 0 bridgehead atoms. The van der Waals surface area contributed by atoms with E-state index in [9.17, 15) is 8.78 Å². The van der Waals surface area contributed by atoms with Crippen LogP contribution in [0.1, 0.15) is 5.56 Å². The van der Waals surface area contributed by atoms with Crippen molar-refractivity contribution in [3.8, 4) is 5.75 Å². The highest BCUT2D eigenvalue weighted by atomic mass is 35.5. The molecule has 3 nitrogen and oxygen atoms in total. The molecule has 1 aromatic rings. The first-order valence-corrected chi connectivity index (χ1v) is 4.47. The number of nitrogens with two attached hydrogens (primary N) is 1. The van der Waals surface area contributed by atoms with Crippen LogP contribution in [0.25, 0.3) is 0 Å². The Bertz CT molecular complexity index is 350. The van der Waals surface area contributed by atoms with Crippen LogP contribution in [0, 0.1) is 11.6 Å². The van der Waals surface area contributed by atoms with Gasteiger partial charge >= 0.3 is 0 Å². The van der Waals surface area contributed by atoms with Crippen LogP contribution in [0.4, 0.5) is 8.78 Å². The molecule has 0 radical (unpaired) electrons. The second-order valence-electron chi connectivity index (χ2n) is 3.19. The lowest BCUT2D eigenvalue weighted by atomic mass is 10.1. The molecule has 0 saturated carbocycles. The fraction of sp³-hybridized carbons (Fsp3) is 0.400. The molecule has 0 heterocycles. The van der Waals surface area contributed by atoms with Crippen LogP contribution in [0.15, 0.2) is 12.1 Å². The zero-order chi connectivity index (χ0) is 11.4. The summed E-state index contributed by atoms with van der Waals surface area (Å²) in [6.45, 7) is -0.323. The van der Waals surface area contributed by atoms with Crippen molar-refractivity contribution in [3.05, 3.63) is 29.3 Å². The highest BCUT2D eigenvalue weighted by Crippen LogP contribution is 2.23. The Hall–Kier alpha value is -0.910. The average molecular weight is 254 g/mol. The number of benzene rings is 1. The number of hydrogen-bond donors (Lipinski definition) is 2. The zero-order valence-corrected chi connectivity index (χ0v) is 9.56. The Morgan fingerprint density at radius 2 is 2.06 bits per heavy atom. The summed E-state index contributed by atoms with van der Waals surface area (Å²) < 4.78 is 31.5. The van der Waals surface area contributed by atoms with Gasteiger partial charge in [-0.1, -0.05) is 0 Å². The van der Waals surface area contributed by atoms with Crippen LogP contribution >= 0.6 is 12.4 Å². The summed E-state index contributed by atoms with van der Waals surface area (Å²) in [5.74, 6) is -1.48. The van der Waals surface area contributed by atoms with Crippen molar-refractivity contribution >= 4 is 12.4 Å². The summed E-state index contributed by atoms with van der Waals surface area (Å²) in [5, 5.41) is 8.70. The normalized spacial score (nSPS) is 11.8. The van der Waals surface area contributed by atoms with E-state index in [1.165, 1.54) is 13.2 Å². The number of methoxy groups -OCH3 is 1. The number of ether oxygens (including phenoxy) is 1. The van der Waals surface area contributed by atoms with Gasteiger partial charge in [-0.3, -0.25) is 0 Å². The molecule has 6 heteroatoms. The van der Waals surface area contributed by atoms with Gasteiger partial charge in [-0.05, 0) is 18.6 Å². The third-order valence-corrected chi connectivity index (χ3v) is 2.07. The van der Waals surface area contributed by atoms with Crippen molar-refractivity contribution in [1.82, 2.24) is 0 Å². The van der Waals surface area contributed by atoms with Crippen molar-refractivity contribution in [3.63, 3.8) is 0 Å². The molecule has 16 heavy (non-hydrogen) atoms. The van der Waals surface area contributed by atoms with Crippen molar-refractivity contribution in [2.45, 2.75) is 12.5 Å². The second-order valence-corrected chi connectivity index (χ2v) is 3.19. The van der Waals surface area contributed by atoms with Crippen LogP contribution < -0.4 is 10.5 Å². The largest absolute Gasteiger partial charge is 0.494 e. The molecule has 1 unspecified atom stereocenters. The van der Waals surface area contributed by atoms with Crippen LogP contribution in [-0.2, 0) is 6.42 Å². The molecule has 0 aromatic heterocycles. The third kappa shape index (κ3) is 3.30.